The summed E-state index contributed by atoms with van der Waals surface area (Å²) in [6.07, 6.45) is 0. The molecule has 0 radical (unpaired) electrons. The molecule has 2 aliphatic rings. The molecule has 8 aromatic carbocycles. The second-order valence-corrected chi connectivity index (χ2v) is 27.2. The fourth-order valence-corrected chi connectivity index (χ4v) is 12.3. The van der Waals surface area contributed by atoms with Gasteiger partial charge in [0, 0.05) is 50.0 Å². The SMILES string of the molecule is CC(C)(C)c1ccc(N(c2ccc(C(C)(C)C)cc2)c2cc3c4c(c2)-n2c5c(cc(C(C)(C)C)cc5c5oc6ccccc6c52)B4c2ccc(C(C)(C)C)cc2N3c2cccc3c2oc2cc(C(C)(C)C)ccc23)cc1. The molecular formula is C70H70BN3O2. The Morgan fingerprint density at radius 1 is 0.355 bits per heavy atom. The standard InChI is InChI=1S/C70H70BN3O2/c1-66(2,3)41-23-29-46(30-24-41)72(47-31-25-42(26-32-47)67(4,5)6)48-39-57-61-58(40-48)74-62-52(65-63(74)51-19-16-17-22-59(51)75-65)35-45(70(13,14)15)36-54(62)71(61)53-34-28-43(68(7,8)9)37-56(53)73(57)55-21-18-20-50-49-33-27-44(69(10,11)12)38-60(49)76-64(50)55/h16-40H,1-15H3. The van der Waals surface area contributed by atoms with Crippen molar-refractivity contribution in [3.63, 3.8) is 0 Å². The van der Waals surface area contributed by atoms with E-state index in [1.807, 2.05) is 0 Å². The smallest absolute Gasteiger partial charge is 0.252 e. The molecule has 0 fully saturated rings. The van der Waals surface area contributed by atoms with Gasteiger partial charge in [-0.05, 0) is 144 Å². The van der Waals surface area contributed by atoms with E-state index in [0.29, 0.717) is 0 Å². The Balaban J connectivity index is 1.21. The molecule has 0 atom stereocenters. The van der Waals surface area contributed by atoms with Crippen molar-refractivity contribution in [1.82, 2.24) is 4.57 Å². The van der Waals surface area contributed by atoms with Gasteiger partial charge < -0.3 is 23.2 Å². The summed E-state index contributed by atoms with van der Waals surface area (Å²) in [6.45, 7) is 34.5. The first kappa shape index (κ1) is 48.2. The van der Waals surface area contributed by atoms with Gasteiger partial charge in [0.15, 0.2) is 11.2 Å². The molecule has 380 valence electrons. The first-order valence-electron chi connectivity index (χ1n) is 27.4. The molecule has 0 N–H and O–H groups in total. The van der Waals surface area contributed by atoms with Crippen LogP contribution in [-0.4, -0.2) is 11.3 Å². The summed E-state index contributed by atoms with van der Waals surface area (Å²) >= 11 is 0. The van der Waals surface area contributed by atoms with Crippen molar-refractivity contribution in [1.29, 1.82) is 0 Å². The third kappa shape index (κ3) is 7.33. The molecule has 13 rings (SSSR count). The predicted molar refractivity (Wildman–Crippen MR) is 325 cm³/mol. The van der Waals surface area contributed by atoms with Crippen LogP contribution in [0.15, 0.2) is 160 Å². The van der Waals surface area contributed by atoms with E-state index in [2.05, 4.69) is 270 Å². The van der Waals surface area contributed by atoms with Crippen LogP contribution in [0.4, 0.5) is 34.1 Å². The predicted octanol–water partition coefficient (Wildman–Crippen LogP) is 18.0. The van der Waals surface area contributed by atoms with Crippen LogP contribution in [0.5, 0.6) is 0 Å². The van der Waals surface area contributed by atoms with Crippen molar-refractivity contribution in [2.45, 2.75) is 131 Å². The van der Waals surface area contributed by atoms with Gasteiger partial charge in [-0.25, -0.2) is 0 Å². The summed E-state index contributed by atoms with van der Waals surface area (Å²) in [5, 5.41) is 4.48. The molecule has 2 aliphatic heterocycles. The zero-order chi connectivity index (χ0) is 53.3. The second-order valence-electron chi connectivity index (χ2n) is 27.2. The van der Waals surface area contributed by atoms with E-state index in [-0.39, 0.29) is 33.8 Å². The fourth-order valence-electron chi connectivity index (χ4n) is 12.3. The molecule has 0 saturated heterocycles. The molecule has 5 heterocycles. The molecule has 0 spiro atoms. The van der Waals surface area contributed by atoms with E-state index >= 15 is 0 Å². The van der Waals surface area contributed by atoms with Crippen molar-refractivity contribution in [3.05, 3.63) is 179 Å². The lowest BCUT2D eigenvalue weighted by Gasteiger charge is -2.42. The van der Waals surface area contributed by atoms with Gasteiger partial charge in [-0.2, -0.15) is 0 Å². The molecule has 11 aromatic rings. The largest absolute Gasteiger partial charge is 0.454 e. The van der Waals surface area contributed by atoms with Gasteiger partial charge >= 0.3 is 0 Å². The maximum atomic E-state index is 7.26. The van der Waals surface area contributed by atoms with E-state index in [1.54, 1.807) is 0 Å². The molecule has 6 heteroatoms. The van der Waals surface area contributed by atoms with Crippen LogP contribution < -0.4 is 26.2 Å². The zero-order valence-corrected chi connectivity index (χ0v) is 47.2. The van der Waals surface area contributed by atoms with Crippen LogP contribution >= 0.6 is 0 Å². The number of hydrogen-bond acceptors (Lipinski definition) is 4. The normalized spacial score (nSPS) is 13.9. The number of rotatable bonds is 4. The molecule has 5 nitrogen and oxygen atoms in total. The summed E-state index contributed by atoms with van der Waals surface area (Å²) in [5.41, 5.74) is 23.5. The van der Waals surface area contributed by atoms with Gasteiger partial charge in [0.1, 0.15) is 16.7 Å². The van der Waals surface area contributed by atoms with Crippen LogP contribution in [0.25, 0.3) is 60.6 Å². The lowest BCUT2D eigenvalue weighted by atomic mass is 9.33. The number of para-hydroxylation sites is 2. The summed E-state index contributed by atoms with van der Waals surface area (Å²) in [4.78, 5) is 5.04. The van der Waals surface area contributed by atoms with Crippen molar-refractivity contribution in [2.75, 3.05) is 9.80 Å². The van der Waals surface area contributed by atoms with Crippen LogP contribution in [0.3, 0.4) is 0 Å². The number of hydrogen-bond donors (Lipinski definition) is 0. The van der Waals surface area contributed by atoms with Crippen LogP contribution in [0, 0.1) is 0 Å². The van der Waals surface area contributed by atoms with Gasteiger partial charge in [0.25, 0.3) is 6.71 Å². The number of nitrogens with zero attached hydrogens (tertiary/aromatic N) is 3. The average molecular weight is 996 g/mol. The van der Waals surface area contributed by atoms with Gasteiger partial charge in [-0.3, -0.25) is 0 Å². The Morgan fingerprint density at radius 3 is 1.54 bits per heavy atom. The first-order chi connectivity index (χ1) is 35.8. The summed E-state index contributed by atoms with van der Waals surface area (Å²) in [6, 6.07) is 57.8. The number of anilines is 6. The van der Waals surface area contributed by atoms with Crippen molar-refractivity contribution in [3.8, 4) is 5.69 Å². The minimum atomic E-state index is -0.132. The highest BCUT2D eigenvalue weighted by molar-refractivity contribution is 7.00. The summed E-state index contributed by atoms with van der Waals surface area (Å²) < 4.78 is 16.9. The van der Waals surface area contributed by atoms with Crippen LogP contribution in [-0.2, 0) is 27.1 Å². The zero-order valence-electron chi connectivity index (χ0n) is 47.2. The lowest BCUT2D eigenvalue weighted by molar-refractivity contribution is 0.587. The van der Waals surface area contributed by atoms with Crippen LogP contribution in [0.2, 0.25) is 0 Å². The Bertz CT molecular complexity index is 4130. The van der Waals surface area contributed by atoms with E-state index in [1.165, 1.54) is 49.7 Å². The molecule has 3 aromatic heterocycles. The molecule has 0 bridgehead atoms. The molecular weight excluding hydrogens is 926 g/mol. The number of aromatic nitrogens is 1. The van der Waals surface area contributed by atoms with Gasteiger partial charge in [0.2, 0.25) is 0 Å². The van der Waals surface area contributed by atoms with Crippen molar-refractivity contribution >= 4 is 112 Å². The summed E-state index contributed by atoms with van der Waals surface area (Å²) in [5.74, 6) is 0. The van der Waals surface area contributed by atoms with E-state index in [4.69, 9.17) is 8.83 Å². The third-order valence-electron chi connectivity index (χ3n) is 16.7. The topological polar surface area (TPSA) is 37.7 Å². The lowest BCUT2D eigenvalue weighted by Crippen LogP contribution is -2.60. The van der Waals surface area contributed by atoms with Gasteiger partial charge in [-0.15, -0.1) is 0 Å². The number of furan rings is 2. The molecule has 0 amide bonds. The van der Waals surface area contributed by atoms with Crippen molar-refractivity contribution < 1.29 is 8.83 Å². The highest BCUT2D eigenvalue weighted by Gasteiger charge is 2.45. The average Bonchev–Trinajstić information content (AvgIpc) is 4.22. The third-order valence-corrected chi connectivity index (χ3v) is 16.7. The van der Waals surface area contributed by atoms with Gasteiger partial charge in [-0.1, -0.05) is 183 Å². The molecule has 0 unspecified atom stereocenters. The van der Waals surface area contributed by atoms with Gasteiger partial charge in [0.05, 0.1) is 16.9 Å². The first-order valence-corrected chi connectivity index (χ1v) is 27.4. The minimum Gasteiger partial charge on any atom is -0.454 e. The Morgan fingerprint density at radius 2 is 0.908 bits per heavy atom. The maximum absolute atomic E-state index is 7.26. The van der Waals surface area contributed by atoms with Crippen LogP contribution in [0.1, 0.15) is 132 Å². The quantitative estimate of drug-likeness (QED) is 0.165. The highest BCUT2D eigenvalue weighted by Crippen LogP contribution is 2.50. The Hall–Kier alpha value is -7.44. The van der Waals surface area contributed by atoms with E-state index in [0.717, 1.165) is 89.2 Å². The fraction of sp³-hybridized carbons (Fsp3) is 0.286. The Kier molecular flexibility index (Phi) is 10.2. The monoisotopic (exact) mass is 996 g/mol. The van der Waals surface area contributed by atoms with E-state index in [9.17, 15) is 0 Å². The van der Waals surface area contributed by atoms with Crippen molar-refractivity contribution in [2.24, 2.45) is 0 Å². The number of benzene rings is 8. The highest BCUT2D eigenvalue weighted by atomic mass is 16.3. The Labute approximate surface area is 449 Å². The van der Waals surface area contributed by atoms with E-state index < -0.39 is 0 Å². The minimum absolute atomic E-state index is 0.00666. The molecule has 0 saturated carbocycles. The molecule has 0 aliphatic carbocycles. The second kappa shape index (κ2) is 16.1. The maximum Gasteiger partial charge on any atom is 0.252 e. The summed E-state index contributed by atoms with van der Waals surface area (Å²) in [7, 11) is 0. The number of fused-ring (bicyclic) bond motifs is 12. The molecule has 76 heavy (non-hydrogen) atoms.